The monoisotopic (exact) mass is 298 g/mol. The number of nitrogen functional groups attached to an aromatic ring is 1. The van der Waals surface area contributed by atoms with Gasteiger partial charge >= 0.3 is 0 Å². The third-order valence-corrected chi connectivity index (χ3v) is 3.77. The van der Waals surface area contributed by atoms with Gasteiger partial charge in [0.25, 0.3) is 0 Å². The molecule has 0 bridgehead atoms. The lowest BCUT2D eigenvalue weighted by atomic mass is 9.84. The summed E-state index contributed by atoms with van der Waals surface area (Å²) in [5, 5.41) is 10.4. The largest absolute Gasteiger partial charge is 0.378 e. The molecule has 1 aliphatic carbocycles. The molecule has 6 heteroatoms. The SMILES string of the molecule is Nc1nonc1N[C@@H]1CC(=O)C[C@H](/C=C/c2ccccc2)C1. The first kappa shape index (κ1) is 14.3. The van der Waals surface area contributed by atoms with Gasteiger partial charge in [0.2, 0.25) is 11.6 Å². The van der Waals surface area contributed by atoms with Gasteiger partial charge in [-0.05, 0) is 28.2 Å². The third-order valence-electron chi connectivity index (χ3n) is 3.77. The maximum absolute atomic E-state index is 11.9. The van der Waals surface area contributed by atoms with E-state index in [2.05, 4.69) is 32.4 Å². The first-order valence-corrected chi connectivity index (χ1v) is 7.30. The summed E-state index contributed by atoms with van der Waals surface area (Å²) in [6.45, 7) is 0. The molecule has 0 radical (unpaired) electrons. The van der Waals surface area contributed by atoms with E-state index in [4.69, 9.17) is 5.73 Å². The summed E-state index contributed by atoms with van der Waals surface area (Å²) < 4.78 is 4.56. The molecule has 0 amide bonds. The van der Waals surface area contributed by atoms with Crippen LogP contribution in [0.15, 0.2) is 41.0 Å². The fourth-order valence-electron chi connectivity index (χ4n) is 2.74. The normalized spacial score (nSPS) is 22.1. The Hall–Kier alpha value is -2.63. The lowest BCUT2D eigenvalue weighted by Crippen LogP contribution is -2.32. The molecule has 1 aliphatic rings. The van der Waals surface area contributed by atoms with Crippen LogP contribution in [0.5, 0.6) is 0 Å². The molecule has 3 N–H and O–H groups in total. The summed E-state index contributed by atoms with van der Waals surface area (Å²) in [5.41, 5.74) is 6.77. The van der Waals surface area contributed by atoms with Crippen molar-refractivity contribution < 1.29 is 9.42 Å². The van der Waals surface area contributed by atoms with Gasteiger partial charge in [0.05, 0.1) is 0 Å². The number of carbonyl (C=O) groups excluding carboxylic acids is 1. The van der Waals surface area contributed by atoms with Crippen LogP contribution in [0.3, 0.4) is 0 Å². The molecule has 22 heavy (non-hydrogen) atoms. The number of nitrogens with one attached hydrogen (secondary N) is 1. The molecule has 114 valence electrons. The lowest BCUT2D eigenvalue weighted by molar-refractivity contribution is -0.121. The van der Waals surface area contributed by atoms with E-state index in [1.165, 1.54) is 0 Å². The summed E-state index contributed by atoms with van der Waals surface area (Å²) in [6, 6.07) is 10.1. The molecule has 0 spiro atoms. The summed E-state index contributed by atoms with van der Waals surface area (Å²) in [7, 11) is 0. The maximum atomic E-state index is 11.9. The van der Waals surface area contributed by atoms with Gasteiger partial charge in [0.15, 0.2) is 0 Å². The van der Waals surface area contributed by atoms with Crippen molar-refractivity contribution >= 4 is 23.5 Å². The average Bonchev–Trinajstić information content (AvgIpc) is 2.91. The van der Waals surface area contributed by atoms with E-state index in [1.807, 2.05) is 30.3 Å². The van der Waals surface area contributed by atoms with Crippen LogP contribution in [0.25, 0.3) is 6.08 Å². The predicted molar refractivity (Wildman–Crippen MR) is 83.9 cm³/mol. The Balaban J connectivity index is 1.65. The number of hydrogen-bond acceptors (Lipinski definition) is 6. The number of hydrogen-bond donors (Lipinski definition) is 2. The number of benzene rings is 1. The van der Waals surface area contributed by atoms with Crippen molar-refractivity contribution in [3.8, 4) is 0 Å². The Morgan fingerprint density at radius 3 is 2.77 bits per heavy atom. The Morgan fingerprint density at radius 2 is 2.05 bits per heavy atom. The Morgan fingerprint density at radius 1 is 1.23 bits per heavy atom. The second-order valence-electron chi connectivity index (χ2n) is 5.55. The highest BCUT2D eigenvalue weighted by Crippen LogP contribution is 2.27. The number of nitrogens with zero attached hydrogens (tertiary/aromatic N) is 2. The van der Waals surface area contributed by atoms with Crippen molar-refractivity contribution in [1.82, 2.24) is 10.3 Å². The van der Waals surface area contributed by atoms with Crippen molar-refractivity contribution in [2.24, 2.45) is 5.92 Å². The summed E-state index contributed by atoms with van der Waals surface area (Å²) in [5.74, 6) is 1.07. The van der Waals surface area contributed by atoms with Gasteiger partial charge in [-0.15, -0.1) is 0 Å². The molecule has 1 aromatic carbocycles. The van der Waals surface area contributed by atoms with Crippen LogP contribution in [-0.4, -0.2) is 22.1 Å². The molecule has 2 aromatic rings. The van der Waals surface area contributed by atoms with Crippen molar-refractivity contribution in [3.63, 3.8) is 0 Å². The molecular weight excluding hydrogens is 280 g/mol. The zero-order chi connectivity index (χ0) is 15.4. The van der Waals surface area contributed by atoms with Gasteiger partial charge in [0.1, 0.15) is 5.78 Å². The van der Waals surface area contributed by atoms with Crippen molar-refractivity contribution in [3.05, 3.63) is 42.0 Å². The number of aromatic nitrogens is 2. The van der Waals surface area contributed by atoms with E-state index in [-0.39, 0.29) is 23.6 Å². The van der Waals surface area contributed by atoms with Gasteiger partial charge in [-0.3, -0.25) is 4.79 Å². The lowest BCUT2D eigenvalue weighted by Gasteiger charge is -2.27. The summed E-state index contributed by atoms with van der Waals surface area (Å²) in [4.78, 5) is 11.9. The van der Waals surface area contributed by atoms with Crippen LogP contribution in [0.1, 0.15) is 24.8 Å². The number of rotatable bonds is 4. The van der Waals surface area contributed by atoms with Gasteiger partial charge in [-0.2, -0.15) is 0 Å². The van der Waals surface area contributed by atoms with Gasteiger partial charge in [-0.25, -0.2) is 4.63 Å². The molecule has 2 atom stereocenters. The number of nitrogens with two attached hydrogens (primary N) is 1. The maximum Gasteiger partial charge on any atom is 0.215 e. The quantitative estimate of drug-likeness (QED) is 0.900. The molecule has 1 heterocycles. The van der Waals surface area contributed by atoms with Crippen LogP contribution in [0.4, 0.5) is 11.6 Å². The standard InChI is InChI=1S/C16H18N4O2/c17-15-16(20-22-19-15)18-13-8-12(9-14(21)10-13)7-6-11-4-2-1-3-5-11/h1-7,12-13H,8-10H2,(H2,17,19)(H,18,20)/b7-6+/t12-,13+/m1/s1. The highest BCUT2D eigenvalue weighted by Gasteiger charge is 2.27. The number of Topliss-reactive ketones (excluding diaryl/α,β-unsaturated/α-hetero) is 1. The van der Waals surface area contributed by atoms with E-state index >= 15 is 0 Å². The Kier molecular flexibility index (Phi) is 4.18. The Bertz CT molecular complexity index is 666. The molecule has 3 rings (SSSR count). The van der Waals surface area contributed by atoms with Crippen molar-refractivity contribution in [1.29, 1.82) is 0 Å². The molecule has 1 fully saturated rings. The molecule has 0 unspecified atom stereocenters. The fourth-order valence-corrected chi connectivity index (χ4v) is 2.74. The van der Waals surface area contributed by atoms with E-state index < -0.39 is 0 Å². The number of allylic oxidation sites excluding steroid dienone is 1. The molecule has 6 nitrogen and oxygen atoms in total. The minimum absolute atomic E-state index is 0.000809. The molecule has 0 aliphatic heterocycles. The van der Waals surface area contributed by atoms with E-state index in [0.717, 1.165) is 12.0 Å². The van der Waals surface area contributed by atoms with Crippen LogP contribution in [0.2, 0.25) is 0 Å². The number of carbonyl (C=O) groups is 1. The van der Waals surface area contributed by atoms with Crippen LogP contribution in [0, 0.1) is 5.92 Å². The van der Waals surface area contributed by atoms with Gasteiger partial charge in [0, 0.05) is 18.9 Å². The van der Waals surface area contributed by atoms with Crippen molar-refractivity contribution in [2.45, 2.75) is 25.3 Å². The predicted octanol–water partition coefficient (Wildman–Crippen LogP) is 2.51. The highest BCUT2D eigenvalue weighted by atomic mass is 16.6. The second-order valence-corrected chi connectivity index (χ2v) is 5.55. The van der Waals surface area contributed by atoms with E-state index in [0.29, 0.717) is 18.7 Å². The third kappa shape index (κ3) is 3.52. The topological polar surface area (TPSA) is 94.0 Å². The molecular formula is C16H18N4O2. The average molecular weight is 298 g/mol. The van der Waals surface area contributed by atoms with Crippen LogP contribution < -0.4 is 11.1 Å². The first-order chi connectivity index (χ1) is 10.7. The minimum Gasteiger partial charge on any atom is -0.378 e. The zero-order valence-corrected chi connectivity index (χ0v) is 12.1. The number of ketones is 1. The minimum atomic E-state index is 0.000809. The van der Waals surface area contributed by atoms with Crippen LogP contribution >= 0.6 is 0 Å². The number of anilines is 2. The summed E-state index contributed by atoms with van der Waals surface area (Å²) >= 11 is 0. The van der Waals surface area contributed by atoms with Crippen LogP contribution in [-0.2, 0) is 4.79 Å². The van der Waals surface area contributed by atoms with Crippen molar-refractivity contribution in [2.75, 3.05) is 11.1 Å². The molecule has 0 saturated heterocycles. The highest BCUT2D eigenvalue weighted by molar-refractivity contribution is 5.81. The van der Waals surface area contributed by atoms with E-state index in [1.54, 1.807) is 0 Å². The first-order valence-electron chi connectivity index (χ1n) is 7.30. The van der Waals surface area contributed by atoms with Gasteiger partial charge in [-0.1, -0.05) is 42.5 Å². The summed E-state index contributed by atoms with van der Waals surface area (Å²) in [6.07, 6.45) is 6.06. The zero-order valence-electron chi connectivity index (χ0n) is 12.1. The second kappa shape index (κ2) is 6.43. The van der Waals surface area contributed by atoms with E-state index in [9.17, 15) is 4.79 Å². The molecule has 1 saturated carbocycles. The smallest absolute Gasteiger partial charge is 0.215 e. The Labute approximate surface area is 128 Å². The van der Waals surface area contributed by atoms with Gasteiger partial charge < -0.3 is 11.1 Å². The fraction of sp³-hybridized carbons (Fsp3) is 0.312. The molecule has 1 aromatic heterocycles.